The quantitative estimate of drug-likeness (QED) is 0.599. The van der Waals surface area contributed by atoms with Crippen LogP contribution in [0.5, 0.6) is 0 Å². The molecule has 0 spiro atoms. The van der Waals surface area contributed by atoms with Gasteiger partial charge in [-0.3, -0.25) is 4.90 Å². The Bertz CT molecular complexity index is 134. The van der Waals surface area contributed by atoms with Gasteiger partial charge in [-0.15, -0.1) is 11.6 Å². The van der Waals surface area contributed by atoms with Crippen LogP contribution in [0, 0.1) is 0 Å². The number of halogens is 1. The molecule has 0 heterocycles. The van der Waals surface area contributed by atoms with E-state index in [4.69, 9.17) is 11.6 Å². The van der Waals surface area contributed by atoms with Crippen molar-refractivity contribution in [2.45, 2.75) is 58.0 Å². The lowest BCUT2D eigenvalue weighted by atomic mass is 9.90. The van der Waals surface area contributed by atoms with Crippen LogP contribution in [0.4, 0.5) is 0 Å². The summed E-state index contributed by atoms with van der Waals surface area (Å²) in [6, 6.07) is 1.58. The molecule has 1 nitrogen and oxygen atoms in total. The number of rotatable bonds is 6. The third kappa shape index (κ3) is 3.14. The van der Waals surface area contributed by atoms with Gasteiger partial charge in [0.05, 0.1) is 0 Å². The molecular formula is C11H22ClN. The van der Waals surface area contributed by atoms with Crippen molar-refractivity contribution in [3.8, 4) is 0 Å². The van der Waals surface area contributed by atoms with Crippen LogP contribution in [-0.4, -0.2) is 29.4 Å². The van der Waals surface area contributed by atoms with Gasteiger partial charge in [0, 0.05) is 24.5 Å². The Hall–Kier alpha value is 0.250. The molecule has 0 bridgehead atoms. The van der Waals surface area contributed by atoms with E-state index in [1.165, 1.54) is 32.1 Å². The van der Waals surface area contributed by atoms with Gasteiger partial charge >= 0.3 is 0 Å². The fourth-order valence-electron chi connectivity index (χ4n) is 2.16. The standard InChI is InChI=1S/C11H22ClN/c1-3-5-10(2)13(9-8-12)11-6-4-7-11/h10-11H,3-9H2,1-2H3. The van der Waals surface area contributed by atoms with E-state index in [9.17, 15) is 0 Å². The van der Waals surface area contributed by atoms with Gasteiger partial charge in [0.25, 0.3) is 0 Å². The molecule has 1 aliphatic rings. The van der Waals surface area contributed by atoms with Gasteiger partial charge in [-0.05, 0) is 26.2 Å². The fraction of sp³-hybridized carbons (Fsp3) is 1.00. The summed E-state index contributed by atoms with van der Waals surface area (Å²) in [5, 5.41) is 0. The predicted molar refractivity (Wildman–Crippen MR) is 59.4 cm³/mol. The second-order valence-corrected chi connectivity index (χ2v) is 4.53. The molecule has 0 aliphatic heterocycles. The Morgan fingerprint density at radius 1 is 1.46 bits per heavy atom. The van der Waals surface area contributed by atoms with E-state index in [1.54, 1.807) is 0 Å². The molecule has 2 heteroatoms. The zero-order chi connectivity index (χ0) is 9.68. The van der Waals surface area contributed by atoms with Crippen LogP contribution in [0.25, 0.3) is 0 Å². The van der Waals surface area contributed by atoms with Gasteiger partial charge in [-0.25, -0.2) is 0 Å². The molecule has 0 aromatic carbocycles. The molecule has 0 N–H and O–H groups in total. The van der Waals surface area contributed by atoms with Crippen LogP contribution in [0.15, 0.2) is 0 Å². The lowest BCUT2D eigenvalue weighted by Crippen LogP contribution is -2.46. The van der Waals surface area contributed by atoms with Crippen LogP contribution in [0.2, 0.25) is 0 Å². The average molecular weight is 204 g/mol. The molecule has 0 radical (unpaired) electrons. The maximum absolute atomic E-state index is 5.82. The topological polar surface area (TPSA) is 3.24 Å². The smallest absolute Gasteiger partial charge is 0.0351 e. The molecule has 0 aromatic rings. The number of hydrogen-bond donors (Lipinski definition) is 0. The Kier molecular flexibility index (Phi) is 5.12. The normalized spacial score (nSPS) is 20.3. The van der Waals surface area contributed by atoms with E-state index in [0.29, 0.717) is 0 Å². The summed E-state index contributed by atoms with van der Waals surface area (Å²) in [5.74, 6) is 0.782. The van der Waals surface area contributed by atoms with Crippen LogP contribution in [-0.2, 0) is 0 Å². The van der Waals surface area contributed by atoms with Crippen molar-refractivity contribution in [1.82, 2.24) is 4.90 Å². The van der Waals surface area contributed by atoms with E-state index < -0.39 is 0 Å². The highest BCUT2D eigenvalue weighted by Crippen LogP contribution is 2.27. The zero-order valence-electron chi connectivity index (χ0n) is 8.93. The Balaban J connectivity index is 2.35. The lowest BCUT2D eigenvalue weighted by molar-refractivity contribution is 0.0894. The molecule has 1 aliphatic carbocycles. The molecule has 0 saturated heterocycles. The third-order valence-corrected chi connectivity index (χ3v) is 3.33. The monoisotopic (exact) mass is 203 g/mol. The van der Waals surface area contributed by atoms with Crippen molar-refractivity contribution in [3.05, 3.63) is 0 Å². The van der Waals surface area contributed by atoms with Crippen LogP contribution < -0.4 is 0 Å². The SMILES string of the molecule is CCCC(C)N(CCCl)C1CCC1. The van der Waals surface area contributed by atoms with Gasteiger partial charge in [-0.2, -0.15) is 0 Å². The van der Waals surface area contributed by atoms with E-state index in [0.717, 1.165) is 24.5 Å². The second-order valence-electron chi connectivity index (χ2n) is 4.15. The predicted octanol–water partition coefficient (Wildman–Crippen LogP) is 3.27. The summed E-state index contributed by atoms with van der Waals surface area (Å²) in [5.41, 5.74) is 0. The highest BCUT2D eigenvalue weighted by molar-refractivity contribution is 6.18. The molecule has 1 atom stereocenters. The first kappa shape index (κ1) is 11.3. The second kappa shape index (κ2) is 5.87. The first-order chi connectivity index (χ1) is 6.29. The molecule has 0 aromatic heterocycles. The molecule has 1 saturated carbocycles. The average Bonchev–Trinajstić information content (AvgIpc) is 2.01. The van der Waals surface area contributed by atoms with Crippen molar-refractivity contribution < 1.29 is 0 Å². The molecule has 78 valence electrons. The summed E-state index contributed by atoms with van der Waals surface area (Å²) < 4.78 is 0. The molecule has 1 rings (SSSR count). The van der Waals surface area contributed by atoms with E-state index in [1.807, 2.05) is 0 Å². The number of alkyl halides is 1. The minimum Gasteiger partial charge on any atom is -0.297 e. The third-order valence-electron chi connectivity index (χ3n) is 3.16. The van der Waals surface area contributed by atoms with Gasteiger partial charge < -0.3 is 0 Å². The van der Waals surface area contributed by atoms with Crippen LogP contribution in [0.1, 0.15) is 46.0 Å². The highest BCUT2D eigenvalue weighted by atomic mass is 35.5. The van der Waals surface area contributed by atoms with Crippen molar-refractivity contribution >= 4 is 11.6 Å². The summed E-state index contributed by atoms with van der Waals surface area (Å²) in [6.07, 6.45) is 6.80. The summed E-state index contributed by atoms with van der Waals surface area (Å²) in [7, 11) is 0. The van der Waals surface area contributed by atoms with Crippen molar-refractivity contribution in [2.24, 2.45) is 0 Å². The lowest BCUT2D eigenvalue weighted by Gasteiger charge is -2.41. The first-order valence-electron chi connectivity index (χ1n) is 5.61. The first-order valence-corrected chi connectivity index (χ1v) is 6.14. The fourth-order valence-corrected chi connectivity index (χ4v) is 2.36. The summed E-state index contributed by atoms with van der Waals surface area (Å²) >= 11 is 5.82. The molecule has 13 heavy (non-hydrogen) atoms. The molecular weight excluding hydrogens is 182 g/mol. The van der Waals surface area contributed by atoms with E-state index in [2.05, 4.69) is 18.7 Å². The highest BCUT2D eigenvalue weighted by Gasteiger charge is 2.27. The maximum atomic E-state index is 5.82. The van der Waals surface area contributed by atoms with Crippen molar-refractivity contribution in [3.63, 3.8) is 0 Å². The Morgan fingerprint density at radius 2 is 2.15 bits per heavy atom. The zero-order valence-corrected chi connectivity index (χ0v) is 9.69. The van der Waals surface area contributed by atoms with Gasteiger partial charge in [-0.1, -0.05) is 19.8 Å². The Morgan fingerprint density at radius 3 is 2.54 bits per heavy atom. The van der Waals surface area contributed by atoms with Crippen LogP contribution >= 0.6 is 11.6 Å². The molecule has 1 unspecified atom stereocenters. The summed E-state index contributed by atoms with van der Waals surface area (Å²) in [6.45, 7) is 5.68. The van der Waals surface area contributed by atoms with Crippen molar-refractivity contribution in [1.29, 1.82) is 0 Å². The Labute approximate surface area is 87.4 Å². The largest absolute Gasteiger partial charge is 0.297 e. The minimum atomic E-state index is 0.731. The van der Waals surface area contributed by atoms with Gasteiger partial charge in [0.15, 0.2) is 0 Å². The molecule has 1 fully saturated rings. The van der Waals surface area contributed by atoms with Gasteiger partial charge in [0.2, 0.25) is 0 Å². The van der Waals surface area contributed by atoms with E-state index in [-0.39, 0.29) is 0 Å². The molecule has 0 amide bonds. The number of hydrogen-bond acceptors (Lipinski definition) is 1. The van der Waals surface area contributed by atoms with Gasteiger partial charge in [0.1, 0.15) is 0 Å². The maximum Gasteiger partial charge on any atom is 0.0351 e. The minimum absolute atomic E-state index is 0.731. The van der Waals surface area contributed by atoms with Crippen LogP contribution in [0.3, 0.4) is 0 Å². The number of nitrogens with zero attached hydrogens (tertiary/aromatic N) is 1. The van der Waals surface area contributed by atoms with E-state index >= 15 is 0 Å². The van der Waals surface area contributed by atoms with Crippen molar-refractivity contribution in [2.75, 3.05) is 12.4 Å². The summed E-state index contributed by atoms with van der Waals surface area (Å²) in [4.78, 5) is 2.61.